The molecule has 4 rings (SSSR count). The van der Waals surface area contributed by atoms with Gasteiger partial charge in [0.1, 0.15) is 12.3 Å². The Bertz CT molecular complexity index is 1410. The van der Waals surface area contributed by atoms with Gasteiger partial charge in [0, 0.05) is 17.8 Å². The Morgan fingerprint density at radius 3 is 2.71 bits per heavy atom. The number of carbonyl (C=O) groups excluding carboxylic acids is 2. The first-order valence-corrected chi connectivity index (χ1v) is 13.5. The third kappa shape index (κ3) is 6.94. The standard InChI is InChI=1S/C28H32ClFN4O7/c1-15(2)12-38-27(36)34-19(14-39-28(34,5)6)13-37-23-9-21(29)20(8-22(23)30)24-32-26(41-33-24)17-7-18(11-35)25(31-10-17)40-16(3)4/h7-11,15-16,19H,12-14H2,1-6H3/t19-/m0/s1. The fraction of sp³-hybridized carbons (Fsp3) is 0.464. The summed E-state index contributed by atoms with van der Waals surface area (Å²) in [6.45, 7) is 11.4. The second kappa shape index (κ2) is 12.4. The number of nitrogens with zero attached hydrogens (tertiary/aromatic N) is 4. The molecule has 1 aliphatic rings. The van der Waals surface area contributed by atoms with Gasteiger partial charge in [-0.15, -0.1) is 0 Å². The molecule has 0 N–H and O–H groups in total. The van der Waals surface area contributed by atoms with E-state index in [9.17, 15) is 9.59 Å². The molecule has 41 heavy (non-hydrogen) atoms. The van der Waals surface area contributed by atoms with Crippen LogP contribution >= 0.6 is 11.6 Å². The highest BCUT2D eigenvalue weighted by Crippen LogP contribution is 2.35. The highest BCUT2D eigenvalue weighted by atomic mass is 35.5. The number of halogens is 2. The van der Waals surface area contributed by atoms with Gasteiger partial charge in [-0.25, -0.2) is 14.2 Å². The highest BCUT2D eigenvalue weighted by molar-refractivity contribution is 6.33. The van der Waals surface area contributed by atoms with Crippen LogP contribution in [0.4, 0.5) is 9.18 Å². The summed E-state index contributed by atoms with van der Waals surface area (Å²) in [4.78, 5) is 34.2. The molecule has 0 spiro atoms. The molecule has 0 radical (unpaired) electrons. The first-order valence-electron chi connectivity index (χ1n) is 13.1. The van der Waals surface area contributed by atoms with E-state index in [0.717, 1.165) is 6.07 Å². The van der Waals surface area contributed by atoms with Gasteiger partial charge in [-0.1, -0.05) is 30.6 Å². The number of amides is 1. The summed E-state index contributed by atoms with van der Waals surface area (Å²) in [5.74, 6) is -0.415. The summed E-state index contributed by atoms with van der Waals surface area (Å²) >= 11 is 6.45. The Hall–Kier alpha value is -3.77. The molecule has 0 aliphatic carbocycles. The lowest BCUT2D eigenvalue weighted by Crippen LogP contribution is -2.50. The topological polar surface area (TPSA) is 126 Å². The van der Waals surface area contributed by atoms with Gasteiger partial charge < -0.3 is 23.5 Å². The molecule has 0 saturated carbocycles. The van der Waals surface area contributed by atoms with Crippen LogP contribution < -0.4 is 9.47 Å². The van der Waals surface area contributed by atoms with Crippen molar-refractivity contribution < 1.29 is 37.5 Å². The smallest absolute Gasteiger partial charge is 0.412 e. The number of hydrogen-bond acceptors (Lipinski definition) is 10. The summed E-state index contributed by atoms with van der Waals surface area (Å²) in [7, 11) is 0. The Kier molecular flexibility index (Phi) is 9.13. The van der Waals surface area contributed by atoms with Gasteiger partial charge >= 0.3 is 6.09 Å². The van der Waals surface area contributed by atoms with Gasteiger partial charge in [-0.3, -0.25) is 9.69 Å². The lowest BCUT2D eigenvalue weighted by atomic mass is 10.2. The average Bonchev–Trinajstić information content (AvgIpc) is 3.51. The molecule has 220 valence electrons. The number of ether oxygens (including phenoxy) is 4. The molecule has 1 amide bonds. The van der Waals surface area contributed by atoms with Crippen LogP contribution in [0.5, 0.6) is 11.6 Å². The Morgan fingerprint density at radius 2 is 2.02 bits per heavy atom. The summed E-state index contributed by atoms with van der Waals surface area (Å²) in [5, 5.41) is 4.01. The molecule has 0 bridgehead atoms. The van der Waals surface area contributed by atoms with E-state index in [2.05, 4.69) is 15.1 Å². The molecule has 0 unspecified atom stereocenters. The number of aldehydes is 1. The van der Waals surface area contributed by atoms with Crippen LogP contribution in [0.2, 0.25) is 5.02 Å². The van der Waals surface area contributed by atoms with Gasteiger partial charge in [0.05, 0.1) is 41.5 Å². The minimum atomic E-state index is -0.914. The largest absolute Gasteiger partial charge is 0.488 e. The molecule has 3 heterocycles. The highest BCUT2D eigenvalue weighted by Gasteiger charge is 2.45. The maximum absolute atomic E-state index is 15.1. The van der Waals surface area contributed by atoms with E-state index >= 15 is 4.39 Å². The third-order valence-electron chi connectivity index (χ3n) is 6.03. The predicted molar refractivity (Wildman–Crippen MR) is 146 cm³/mol. The van der Waals surface area contributed by atoms with E-state index in [4.69, 9.17) is 35.1 Å². The normalized spacial score (nSPS) is 16.3. The van der Waals surface area contributed by atoms with Gasteiger partial charge in [0.25, 0.3) is 5.89 Å². The molecule has 2 aromatic heterocycles. The van der Waals surface area contributed by atoms with E-state index < -0.39 is 23.7 Å². The van der Waals surface area contributed by atoms with E-state index in [0.29, 0.717) is 11.8 Å². The van der Waals surface area contributed by atoms with Crippen molar-refractivity contribution in [1.82, 2.24) is 20.0 Å². The molecule has 3 aromatic rings. The first-order chi connectivity index (χ1) is 19.4. The molecule has 13 heteroatoms. The van der Waals surface area contributed by atoms with Gasteiger partial charge in [-0.2, -0.15) is 4.98 Å². The van der Waals surface area contributed by atoms with Crippen molar-refractivity contribution >= 4 is 24.0 Å². The maximum atomic E-state index is 15.1. The summed E-state index contributed by atoms with van der Waals surface area (Å²) in [5.41, 5.74) is -0.164. The minimum absolute atomic E-state index is 0.0237. The number of hydrogen-bond donors (Lipinski definition) is 0. The monoisotopic (exact) mass is 590 g/mol. The minimum Gasteiger partial charge on any atom is -0.488 e. The van der Waals surface area contributed by atoms with Crippen LogP contribution in [0.1, 0.15) is 51.9 Å². The van der Waals surface area contributed by atoms with Crippen LogP contribution in [0.3, 0.4) is 0 Å². The molecule has 1 fully saturated rings. The van der Waals surface area contributed by atoms with Crippen LogP contribution in [0.25, 0.3) is 22.8 Å². The van der Waals surface area contributed by atoms with Gasteiger partial charge in [-0.05, 0) is 45.7 Å². The van der Waals surface area contributed by atoms with Crippen molar-refractivity contribution in [2.45, 2.75) is 59.4 Å². The number of rotatable bonds is 10. The summed E-state index contributed by atoms with van der Waals surface area (Å²) in [6, 6.07) is 3.42. The lowest BCUT2D eigenvalue weighted by Gasteiger charge is -2.32. The van der Waals surface area contributed by atoms with Crippen molar-refractivity contribution in [2.24, 2.45) is 5.92 Å². The zero-order chi connectivity index (χ0) is 29.9. The van der Waals surface area contributed by atoms with Crippen LogP contribution in [-0.2, 0) is 9.47 Å². The number of pyridine rings is 1. The van der Waals surface area contributed by atoms with Crippen molar-refractivity contribution in [3.05, 3.63) is 40.8 Å². The average molecular weight is 591 g/mol. The molecular weight excluding hydrogens is 559 g/mol. The Balaban J connectivity index is 1.49. The van der Waals surface area contributed by atoms with Gasteiger partial charge in [0.2, 0.25) is 11.7 Å². The molecule has 1 aromatic carbocycles. The zero-order valence-electron chi connectivity index (χ0n) is 23.6. The predicted octanol–water partition coefficient (Wildman–Crippen LogP) is 5.80. The lowest BCUT2D eigenvalue weighted by molar-refractivity contribution is -0.0504. The van der Waals surface area contributed by atoms with Crippen molar-refractivity contribution in [1.29, 1.82) is 0 Å². The van der Waals surface area contributed by atoms with Gasteiger partial charge in [0.15, 0.2) is 17.9 Å². The van der Waals surface area contributed by atoms with Crippen molar-refractivity contribution in [3.63, 3.8) is 0 Å². The zero-order valence-corrected chi connectivity index (χ0v) is 24.4. The number of benzene rings is 1. The number of aromatic nitrogens is 3. The third-order valence-corrected chi connectivity index (χ3v) is 6.34. The van der Waals surface area contributed by atoms with Crippen LogP contribution in [0, 0.1) is 11.7 Å². The van der Waals surface area contributed by atoms with E-state index in [1.807, 2.05) is 27.7 Å². The quantitative estimate of drug-likeness (QED) is 0.267. The summed E-state index contributed by atoms with van der Waals surface area (Å²) in [6.07, 6.45) is 1.34. The molecule has 1 aliphatic heterocycles. The van der Waals surface area contributed by atoms with Crippen LogP contribution in [-0.4, -0.2) is 70.1 Å². The molecule has 1 atom stereocenters. The maximum Gasteiger partial charge on any atom is 0.412 e. The molecule has 1 saturated heterocycles. The van der Waals surface area contributed by atoms with Crippen molar-refractivity contribution in [2.75, 3.05) is 19.8 Å². The van der Waals surface area contributed by atoms with E-state index in [-0.39, 0.29) is 71.3 Å². The number of carbonyl (C=O) groups is 2. The fourth-order valence-electron chi connectivity index (χ4n) is 4.12. The Labute approximate surface area is 241 Å². The van der Waals surface area contributed by atoms with E-state index in [1.54, 1.807) is 13.8 Å². The first kappa shape index (κ1) is 30.2. The molecular formula is C28H32ClFN4O7. The second-order valence-corrected chi connectivity index (χ2v) is 11.1. The second-order valence-electron chi connectivity index (χ2n) is 10.7. The summed E-state index contributed by atoms with van der Waals surface area (Å²) < 4.78 is 42.8. The Morgan fingerprint density at radius 1 is 1.27 bits per heavy atom. The SMILES string of the molecule is CC(C)COC(=O)N1[C@@H](COc2cc(Cl)c(-c3noc(-c4cnc(OC(C)C)c(C=O)c4)n3)cc2F)COC1(C)C. The van der Waals surface area contributed by atoms with Crippen molar-refractivity contribution in [3.8, 4) is 34.5 Å². The molecule has 11 nitrogen and oxygen atoms in total. The van der Waals surface area contributed by atoms with Crippen LogP contribution in [0.15, 0.2) is 28.9 Å². The van der Waals surface area contributed by atoms with E-state index in [1.165, 1.54) is 23.2 Å². The fourth-order valence-corrected chi connectivity index (χ4v) is 4.36.